The molecular weight excluding hydrogens is 273 g/mol. The standard InChI is InChI=1S/C12H17BrFNO/c1-8(2)12(16)7-15-6-9-3-10(13)5-11(14)4-9/h3-5,8,12,15-16H,6-7H2,1-2H3. The van der Waals surface area contributed by atoms with Crippen molar-refractivity contribution in [3.63, 3.8) is 0 Å². The van der Waals surface area contributed by atoms with E-state index in [2.05, 4.69) is 21.2 Å². The first-order chi connectivity index (χ1) is 7.49. The first kappa shape index (κ1) is 13.6. The molecule has 4 heteroatoms. The topological polar surface area (TPSA) is 32.3 Å². The van der Waals surface area contributed by atoms with E-state index >= 15 is 0 Å². The normalized spacial score (nSPS) is 13.1. The molecule has 1 unspecified atom stereocenters. The Balaban J connectivity index is 2.43. The fraction of sp³-hybridized carbons (Fsp3) is 0.500. The summed E-state index contributed by atoms with van der Waals surface area (Å²) in [4.78, 5) is 0. The minimum absolute atomic E-state index is 0.228. The van der Waals surface area contributed by atoms with Crippen LogP contribution in [0, 0.1) is 11.7 Å². The van der Waals surface area contributed by atoms with Gasteiger partial charge in [0, 0.05) is 17.6 Å². The van der Waals surface area contributed by atoms with Gasteiger partial charge < -0.3 is 10.4 Å². The predicted octanol–water partition coefficient (Wildman–Crippen LogP) is 2.69. The summed E-state index contributed by atoms with van der Waals surface area (Å²) in [7, 11) is 0. The fourth-order valence-electron chi connectivity index (χ4n) is 1.31. The van der Waals surface area contributed by atoms with Gasteiger partial charge in [-0.2, -0.15) is 0 Å². The molecule has 0 saturated carbocycles. The second-order valence-corrected chi connectivity index (χ2v) is 5.14. The predicted molar refractivity (Wildman–Crippen MR) is 66.7 cm³/mol. The summed E-state index contributed by atoms with van der Waals surface area (Å²) in [5, 5.41) is 12.7. The van der Waals surface area contributed by atoms with Gasteiger partial charge >= 0.3 is 0 Å². The highest BCUT2D eigenvalue weighted by molar-refractivity contribution is 9.10. The van der Waals surface area contributed by atoms with Crippen LogP contribution in [0.25, 0.3) is 0 Å². The zero-order chi connectivity index (χ0) is 12.1. The maximum Gasteiger partial charge on any atom is 0.124 e. The molecule has 0 aromatic heterocycles. The Bertz CT molecular complexity index is 324. The van der Waals surface area contributed by atoms with E-state index in [4.69, 9.17) is 0 Å². The maximum atomic E-state index is 13.0. The Morgan fingerprint density at radius 1 is 1.38 bits per heavy atom. The molecule has 0 amide bonds. The van der Waals surface area contributed by atoms with E-state index in [1.54, 1.807) is 0 Å². The molecule has 0 fully saturated rings. The minimum Gasteiger partial charge on any atom is -0.392 e. The second-order valence-electron chi connectivity index (χ2n) is 4.22. The van der Waals surface area contributed by atoms with Gasteiger partial charge in [-0.15, -0.1) is 0 Å². The van der Waals surface area contributed by atoms with Crippen LogP contribution in [-0.4, -0.2) is 17.8 Å². The van der Waals surface area contributed by atoms with Crippen molar-refractivity contribution in [1.82, 2.24) is 5.32 Å². The highest BCUT2D eigenvalue weighted by Gasteiger charge is 2.08. The lowest BCUT2D eigenvalue weighted by Gasteiger charge is -2.15. The zero-order valence-electron chi connectivity index (χ0n) is 9.50. The smallest absolute Gasteiger partial charge is 0.124 e. The summed E-state index contributed by atoms with van der Waals surface area (Å²) < 4.78 is 13.8. The van der Waals surface area contributed by atoms with Crippen LogP contribution in [0.5, 0.6) is 0 Å². The van der Waals surface area contributed by atoms with Gasteiger partial charge in [0.25, 0.3) is 0 Å². The molecule has 1 atom stereocenters. The number of halogens is 2. The third-order valence-electron chi connectivity index (χ3n) is 2.37. The number of hydrogen-bond acceptors (Lipinski definition) is 2. The second kappa shape index (κ2) is 6.33. The van der Waals surface area contributed by atoms with Crippen LogP contribution in [0.3, 0.4) is 0 Å². The van der Waals surface area contributed by atoms with Crippen LogP contribution in [0.2, 0.25) is 0 Å². The number of benzene rings is 1. The number of aliphatic hydroxyl groups is 1. The van der Waals surface area contributed by atoms with Gasteiger partial charge in [-0.25, -0.2) is 4.39 Å². The third kappa shape index (κ3) is 4.60. The van der Waals surface area contributed by atoms with E-state index in [9.17, 15) is 9.50 Å². The SMILES string of the molecule is CC(C)C(O)CNCc1cc(F)cc(Br)c1. The molecule has 0 aliphatic heterocycles. The molecule has 0 heterocycles. The Kier molecular flexibility index (Phi) is 5.38. The molecule has 0 bridgehead atoms. The van der Waals surface area contributed by atoms with Crippen LogP contribution in [-0.2, 0) is 6.54 Å². The molecule has 0 aliphatic carbocycles. The summed E-state index contributed by atoms with van der Waals surface area (Å²) >= 11 is 3.24. The Labute approximate surface area is 104 Å². The molecule has 0 radical (unpaired) electrons. The van der Waals surface area contributed by atoms with Crippen LogP contribution in [0.4, 0.5) is 4.39 Å². The summed E-state index contributed by atoms with van der Waals surface area (Å²) in [6.07, 6.45) is -0.364. The van der Waals surface area contributed by atoms with E-state index < -0.39 is 0 Å². The molecule has 0 saturated heterocycles. The lowest BCUT2D eigenvalue weighted by Crippen LogP contribution is -2.30. The van der Waals surface area contributed by atoms with Crippen molar-refractivity contribution < 1.29 is 9.50 Å². The lowest BCUT2D eigenvalue weighted by atomic mass is 10.1. The Morgan fingerprint density at radius 3 is 2.62 bits per heavy atom. The highest BCUT2D eigenvalue weighted by atomic mass is 79.9. The van der Waals surface area contributed by atoms with Crippen molar-refractivity contribution in [3.05, 3.63) is 34.1 Å². The van der Waals surface area contributed by atoms with Gasteiger partial charge in [0.2, 0.25) is 0 Å². The van der Waals surface area contributed by atoms with E-state index in [1.165, 1.54) is 12.1 Å². The molecule has 1 aromatic carbocycles. The largest absolute Gasteiger partial charge is 0.392 e. The number of hydrogen-bond donors (Lipinski definition) is 2. The average molecular weight is 290 g/mol. The Hall–Kier alpha value is -0.450. The van der Waals surface area contributed by atoms with Crippen LogP contribution < -0.4 is 5.32 Å². The van der Waals surface area contributed by atoms with E-state index in [-0.39, 0.29) is 17.8 Å². The van der Waals surface area contributed by atoms with Crippen molar-refractivity contribution >= 4 is 15.9 Å². The number of rotatable bonds is 5. The zero-order valence-corrected chi connectivity index (χ0v) is 11.1. The quantitative estimate of drug-likeness (QED) is 0.874. The minimum atomic E-state index is -0.364. The summed E-state index contributed by atoms with van der Waals surface area (Å²) in [5.74, 6) is -0.0256. The summed E-state index contributed by atoms with van der Waals surface area (Å²) in [6.45, 7) is 5.00. The van der Waals surface area contributed by atoms with Crippen molar-refractivity contribution in [1.29, 1.82) is 0 Å². The lowest BCUT2D eigenvalue weighted by molar-refractivity contribution is 0.123. The molecule has 1 aromatic rings. The third-order valence-corrected chi connectivity index (χ3v) is 2.83. The van der Waals surface area contributed by atoms with E-state index in [0.29, 0.717) is 13.1 Å². The number of aliphatic hydroxyl groups excluding tert-OH is 1. The van der Waals surface area contributed by atoms with Crippen LogP contribution in [0.15, 0.2) is 22.7 Å². The van der Waals surface area contributed by atoms with Crippen LogP contribution in [0.1, 0.15) is 19.4 Å². The molecule has 0 spiro atoms. The molecule has 16 heavy (non-hydrogen) atoms. The van der Waals surface area contributed by atoms with Crippen molar-refractivity contribution in [2.75, 3.05) is 6.54 Å². The molecular formula is C12H17BrFNO. The fourth-order valence-corrected chi connectivity index (χ4v) is 1.83. The molecule has 2 nitrogen and oxygen atoms in total. The van der Waals surface area contributed by atoms with Crippen molar-refractivity contribution in [3.8, 4) is 0 Å². The molecule has 1 rings (SSSR count). The van der Waals surface area contributed by atoms with Gasteiger partial charge in [0.1, 0.15) is 5.82 Å². The van der Waals surface area contributed by atoms with Gasteiger partial charge in [-0.1, -0.05) is 29.8 Å². The average Bonchev–Trinajstić information content (AvgIpc) is 2.15. The van der Waals surface area contributed by atoms with Crippen LogP contribution >= 0.6 is 15.9 Å². The van der Waals surface area contributed by atoms with E-state index in [0.717, 1.165) is 10.0 Å². The van der Waals surface area contributed by atoms with Crippen molar-refractivity contribution in [2.24, 2.45) is 5.92 Å². The molecule has 0 aliphatic rings. The monoisotopic (exact) mass is 289 g/mol. The maximum absolute atomic E-state index is 13.0. The summed E-state index contributed by atoms with van der Waals surface area (Å²) in [5.41, 5.74) is 0.864. The van der Waals surface area contributed by atoms with Crippen molar-refractivity contribution in [2.45, 2.75) is 26.5 Å². The molecule has 2 N–H and O–H groups in total. The van der Waals surface area contributed by atoms with Gasteiger partial charge in [0.15, 0.2) is 0 Å². The Morgan fingerprint density at radius 2 is 2.06 bits per heavy atom. The highest BCUT2D eigenvalue weighted by Crippen LogP contribution is 2.14. The van der Waals surface area contributed by atoms with Gasteiger partial charge in [-0.3, -0.25) is 0 Å². The van der Waals surface area contributed by atoms with Gasteiger partial charge in [-0.05, 0) is 29.7 Å². The van der Waals surface area contributed by atoms with E-state index in [1.807, 2.05) is 19.9 Å². The molecule has 90 valence electrons. The first-order valence-corrected chi connectivity index (χ1v) is 6.12. The van der Waals surface area contributed by atoms with Gasteiger partial charge in [0.05, 0.1) is 6.10 Å². The first-order valence-electron chi connectivity index (χ1n) is 5.33. The summed E-state index contributed by atoms with van der Waals surface area (Å²) in [6, 6.07) is 4.77. The number of nitrogens with one attached hydrogen (secondary N) is 1.